The van der Waals surface area contributed by atoms with Gasteiger partial charge < -0.3 is 5.32 Å². The van der Waals surface area contributed by atoms with Crippen LogP contribution in [0.1, 0.15) is 5.56 Å². The summed E-state index contributed by atoms with van der Waals surface area (Å²) in [7, 11) is 1.88. The molecule has 1 N–H and O–H groups in total. The molecule has 1 aromatic heterocycles. The number of nitrogens with zero attached hydrogens (tertiary/aromatic N) is 1. The molecule has 0 saturated carbocycles. The molecule has 1 aromatic rings. The zero-order valence-electron chi connectivity index (χ0n) is 5.96. The molecule has 0 aromatic carbocycles. The Morgan fingerprint density at radius 1 is 1.70 bits per heavy atom. The van der Waals surface area contributed by atoms with Crippen molar-refractivity contribution < 1.29 is 0 Å². The van der Waals surface area contributed by atoms with Crippen molar-refractivity contribution in [3.63, 3.8) is 0 Å². The monoisotopic (exact) mass is 134 g/mol. The van der Waals surface area contributed by atoms with Crippen LogP contribution in [-0.2, 0) is 0 Å². The van der Waals surface area contributed by atoms with Gasteiger partial charge in [0.15, 0.2) is 0 Å². The van der Waals surface area contributed by atoms with Crippen LogP contribution in [0, 0.1) is 0 Å². The summed E-state index contributed by atoms with van der Waals surface area (Å²) in [4.78, 5) is 3.95. The van der Waals surface area contributed by atoms with E-state index in [0.29, 0.717) is 0 Å². The molecule has 0 radical (unpaired) electrons. The molecule has 2 heteroatoms. The number of anilines is 1. The largest absolute Gasteiger partial charge is 0.388 e. The lowest BCUT2D eigenvalue weighted by Gasteiger charge is -2.01. The molecule has 0 saturated heterocycles. The molecule has 52 valence electrons. The van der Waals surface area contributed by atoms with E-state index in [2.05, 4.69) is 16.9 Å². The van der Waals surface area contributed by atoms with E-state index in [4.69, 9.17) is 0 Å². The highest BCUT2D eigenvalue weighted by Gasteiger charge is 1.92. The van der Waals surface area contributed by atoms with E-state index in [9.17, 15) is 0 Å². The van der Waals surface area contributed by atoms with Crippen molar-refractivity contribution in [1.29, 1.82) is 0 Å². The van der Waals surface area contributed by atoms with E-state index in [1.807, 2.05) is 13.1 Å². The highest BCUT2D eigenvalue weighted by Crippen LogP contribution is 2.12. The minimum atomic E-state index is 1.03. The fraction of sp³-hybridized carbons (Fsp3) is 0.125. The van der Waals surface area contributed by atoms with Crippen LogP contribution in [0.25, 0.3) is 6.08 Å². The maximum absolute atomic E-state index is 3.95. The van der Waals surface area contributed by atoms with Crippen LogP contribution in [0.3, 0.4) is 0 Å². The summed E-state index contributed by atoms with van der Waals surface area (Å²) >= 11 is 0. The van der Waals surface area contributed by atoms with Crippen LogP contribution < -0.4 is 5.32 Å². The van der Waals surface area contributed by atoms with Gasteiger partial charge in [-0.15, -0.1) is 0 Å². The lowest BCUT2D eigenvalue weighted by atomic mass is 10.2. The minimum absolute atomic E-state index is 1.03. The summed E-state index contributed by atoms with van der Waals surface area (Å²) in [5, 5.41) is 3.04. The highest BCUT2D eigenvalue weighted by molar-refractivity contribution is 5.63. The average molecular weight is 134 g/mol. The van der Waals surface area contributed by atoms with Crippen LogP contribution in [-0.4, -0.2) is 12.0 Å². The molecule has 0 aliphatic heterocycles. The molecular weight excluding hydrogens is 124 g/mol. The Bertz CT molecular complexity index is 230. The minimum Gasteiger partial charge on any atom is -0.388 e. The van der Waals surface area contributed by atoms with Crippen molar-refractivity contribution >= 4 is 11.8 Å². The van der Waals surface area contributed by atoms with Gasteiger partial charge in [0.2, 0.25) is 0 Å². The lowest BCUT2D eigenvalue weighted by molar-refractivity contribution is 1.30. The predicted molar refractivity (Wildman–Crippen MR) is 43.9 cm³/mol. The number of rotatable bonds is 2. The van der Waals surface area contributed by atoms with Crippen LogP contribution in [0.4, 0.5) is 5.69 Å². The summed E-state index contributed by atoms with van der Waals surface area (Å²) in [5.74, 6) is 0. The SMILES string of the molecule is C=Cc1cnccc1NC. The third kappa shape index (κ3) is 1.16. The average Bonchev–Trinajstić information content (AvgIpc) is 2.04. The number of hydrogen-bond acceptors (Lipinski definition) is 2. The van der Waals surface area contributed by atoms with E-state index in [1.165, 1.54) is 0 Å². The van der Waals surface area contributed by atoms with E-state index in [-0.39, 0.29) is 0 Å². The van der Waals surface area contributed by atoms with Crippen molar-refractivity contribution in [2.24, 2.45) is 0 Å². The van der Waals surface area contributed by atoms with E-state index in [0.717, 1.165) is 11.3 Å². The molecular formula is C8H10N2. The van der Waals surface area contributed by atoms with Crippen LogP contribution in [0.5, 0.6) is 0 Å². The molecule has 0 aliphatic carbocycles. The first-order chi connectivity index (χ1) is 4.88. The van der Waals surface area contributed by atoms with Crippen molar-refractivity contribution in [3.8, 4) is 0 Å². The molecule has 0 bridgehead atoms. The molecule has 10 heavy (non-hydrogen) atoms. The quantitative estimate of drug-likeness (QED) is 0.666. The highest BCUT2D eigenvalue weighted by atomic mass is 14.8. The normalized spacial score (nSPS) is 8.90. The van der Waals surface area contributed by atoms with Gasteiger partial charge >= 0.3 is 0 Å². The van der Waals surface area contributed by atoms with E-state index >= 15 is 0 Å². The second-order valence-electron chi connectivity index (χ2n) is 1.92. The van der Waals surface area contributed by atoms with Gasteiger partial charge in [0, 0.05) is 30.7 Å². The van der Waals surface area contributed by atoms with Crippen LogP contribution in [0.15, 0.2) is 25.0 Å². The van der Waals surface area contributed by atoms with Crippen molar-refractivity contribution in [2.45, 2.75) is 0 Å². The zero-order valence-corrected chi connectivity index (χ0v) is 5.96. The summed E-state index contributed by atoms with van der Waals surface area (Å²) < 4.78 is 0. The molecule has 2 nitrogen and oxygen atoms in total. The Hall–Kier alpha value is -1.31. The van der Waals surface area contributed by atoms with Gasteiger partial charge in [-0.2, -0.15) is 0 Å². The van der Waals surface area contributed by atoms with Crippen molar-refractivity contribution in [2.75, 3.05) is 12.4 Å². The predicted octanol–water partition coefficient (Wildman–Crippen LogP) is 1.77. The van der Waals surface area contributed by atoms with Crippen molar-refractivity contribution in [3.05, 3.63) is 30.6 Å². The van der Waals surface area contributed by atoms with Gasteiger partial charge in [0.1, 0.15) is 0 Å². The first kappa shape index (κ1) is 6.81. The summed E-state index contributed by atoms with van der Waals surface area (Å²) in [5.41, 5.74) is 2.09. The van der Waals surface area contributed by atoms with Gasteiger partial charge in [0.05, 0.1) is 0 Å². The van der Waals surface area contributed by atoms with Gasteiger partial charge in [-0.25, -0.2) is 0 Å². The fourth-order valence-corrected chi connectivity index (χ4v) is 0.797. The maximum Gasteiger partial charge on any atom is 0.0442 e. The summed E-state index contributed by atoms with van der Waals surface area (Å²) in [6.45, 7) is 3.66. The molecule has 0 aliphatic rings. The second-order valence-corrected chi connectivity index (χ2v) is 1.92. The van der Waals surface area contributed by atoms with Gasteiger partial charge in [0.25, 0.3) is 0 Å². The Labute approximate surface area is 60.6 Å². The summed E-state index contributed by atoms with van der Waals surface area (Å²) in [6.07, 6.45) is 5.30. The van der Waals surface area contributed by atoms with Gasteiger partial charge in [-0.3, -0.25) is 4.98 Å². The summed E-state index contributed by atoms with van der Waals surface area (Å²) in [6, 6.07) is 1.91. The Morgan fingerprint density at radius 3 is 3.00 bits per heavy atom. The molecule has 0 amide bonds. The van der Waals surface area contributed by atoms with E-state index < -0.39 is 0 Å². The number of hydrogen-bond donors (Lipinski definition) is 1. The molecule has 0 spiro atoms. The first-order valence-corrected chi connectivity index (χ1v) is 3.12. The second kappa shape index (κ2) is 3.01. The maximum atomic E-state index is 3.95. The first-order valence-electron chi connectivity index (χ1n) is 3.12. The standard InChI is InChI=1S/C8H10N2/c1-3-7-6-10-5-4-8(7)9-2/h3-6H,1H2,2H3,(H,9,10). The molecule has 0 unspecified atom stereocenters. The molecule has 0 atom stereocenters. The number of pyridine rings is 1. The zero-order chi connectivity index (χ0) is 7.40. The van der Waals surface area contributed by atoms with Gasteiger partial charge in [-0.1, -0.05) is 12.7 Å². The third-order valence-corrected chi connectivity index (χ3v) is 1.34. The molecule has 0 fully saturated rings. The topological polar surface area (TPSA) is 24.9 Å². The number of aromatic nitrogens is 1. The third-order valence-electron chi connectivity index (χ3n) is 1.34. The Kier molecular flexibility index (Phi) is 2.05. The smallest absolute Gasteiger partial charge is 0.0442 e. The van der Waals surface area contributed by atoms with Crippen LogP contribution >= 0.6 is 0 Å². The molecule has 1 heterocycles. The lowest BCUT2D eigenvalue weighted by Crippen LogP contribution is -1.90. The number of nitrogens with one attached hydrogen (secondary N) is 1. The molecule has 1 rings (SSSR count). The fourth-order valence-electron chi connectivity index (χ4n) is 0.797. The van der Waals surface area contributed by atoms with E-state index in [1.54, 1.807) is 18.5 Å². The van der Waals surface area contributed by atoms with Gasteiger partial charge in [-0.05, 0) is 6.07 Å². The van der Waals surface area contributed by atoms with Crippen molar-refractivity contribution in [1.82, 2.24) is 4.98 Å². The van der Waals surface area contributed by atoms with Crippen LogP contribution in [0.2, 0.25) is 0 Å². The Balaban J connectivity index is 3.08. The Morgan fingerprint density at radius 2 is 2.50 bits per heavy atom.